The van der Waals surface area contributed by atoms with Gasteiger partial charge in [-0.3, -0.25) is 9.80 Å². The molecule has 1 aromatic carbocycles. The van der Waals surface area contributed by atoms with Crippen molar-refractivity contribution in [3.05, 3.63) is 60.3 Å². The van der Waals surface area contributed by atoms with E-state index in [4.69, 9.17) is 19.2 Å². The lowest BCUT2D eigenvalue weighted by Gasteiger charge is -2.26. The van der Waals surface area contributed by atoms with Crippen LogP contribution in [0.2, 0.25) is 0 Å². The summed E-state index contributed by atoms with van der Waals surface area (Å²) in [6, 6.07) is 14.3. The Balaban J connectivity index is 1.07. The number of hydrogen-bond donors (Lipinski definition) is 1. The molecule has 0 radical (unpaired) electrons. The number of ether oxygens (including phenoxy) is 3. The Kier molecular flexibility index (Phi) is 8.78. The van der Waals surface area contributed by atoms with Gasteiger partial charge in [-0.05, 0) is 37.1 Å². The molecule has 0 saturated carbocycles. The maximum Gasteiger partial charge on any atom is 0.415 e. The Morgan fingerprint density at radius 1 is 1.14 bits per heavy atom. The highest BCUT2D eigenvalue weighted by Gasteiger charge is 2.33. The third kappa shape index (κ3) is 7.15. The number of amidine groups is 1. The molecule has 9 nitrogen and oxygen atoms in total. The molecule has 1 aromatic heterocycles. The number of carbonyl (C=O) groups is 1. The third-order valence-corrected chi connectivity index (χ3v) is 6.73. The van der Waals surface area contributed by atoms with Crippen molar-refractivity contribution in [2.45, 2.75) is 31.9 Å². The fourth-order valence-electron chi connectivity index (χ4n) is 4.67. The summed E-state index contributed by atoms with van der Waals surface area (Å²) < 4.78 is 16.9. The van der Waals surface area contributed by atoms with E-state index in [2.05, 4.69) is 39.5 Å². The lowest BCUT2D eigenvalue weighted by molar-refractivity contribution is 0.0320. The molecule has 9 heteroatoms. The number of rotatable bonds is 10. The standard InChI is InChI=1S/C28H35N5O4/c34-28-33(26-8-1-2-11-30-26)21-24(37-28)10-12-29-20-22-5-3-6-23(19-22)25-7-4-9-27(31-25)36-18-15-32-13-16-35-17-14-32/h2-7,9,11,19,24,29H,1,8,10,12-18,20-21H2/t24-/m0/s1. The van der Waals surface area contributed by atoms with Gasteiger partial charge in [0, 0.05) is 50.4 Å². The average Bonchev–Trinajstić information content (AvgIpc) is 3.33. The first-order chi connectivity index (χ1) is 18.2. The summed E-state index contributed by atoms with van der Waals surface area (Å²) in [5.74, 6) is 1.45. The van der Waals surface area contributed by atoms with E-state index in [0.29, 0.717) is 19.0 Å². The molecular formula is C28H35N5O4. The zero-order valence-corrected chi connectivity index (χ0v) is 21.2. The number of benzene rings is 1. The molecule has 37 heavy (non-hydrogen) atoms. The monoisotopic (exact) mass is 505 g/mol. The first kappa shape index (κ1) is 25.4. The number of amides is 1. The second kappa shape index (κ2) is 12.8. The third-order valence-electron chi connectivity index (χ3n) is 6.73. The van der Waals surface area contributed by atoms with Crippen LogP contribution in [0.4, 0.5) is 4.79 Å². The van der Waals surface area contributed by atoms with E-state index in [9.17, 15) is 4.79 Å². The largest absolute Gasteiger partial charge is 0.476 e. The summed E-state index contributed by atoms with van der Waals surface area (Å²) in [6.07, 6.45) is 5.83. The van der Waals surface area contributed by atoms with Crippen molar-refractivity contribution in [3.63, 3.8) is 0 Å². The number of nitrogens with zero attached hydrogens (tertiary/aromatic N) is 4. The van der Waals surface area contributed by atoms with Gasteiger partial charge in [-0.15, -0.1) is 0 Å². The molecule has 4 heterocycles. The fraction of sp³-hybridized carbons (Fsp3) is 0.464. The van der Waals surface area contributed by atoms with Crippen LogP contribution in [0.15, 0.2) is 59.7 Å². The lowest BCUT2D eigenvalue weighted by atomic mass is 10.1. The Labute approximate surface area is 218 Å². The van der Waals surface area contributed by atoms with Gasteiger partial charge in [0.2, 0.25) is 5.88 Å². The number of allylic oxidation sites excluding steroid dienone is 1. The van der Waals surface area contributed by atoms with Gasteiger partial charge in [0.25, 0.3) is 0 Å². The van der Waals surface area contributed by atoms with Crippen LogP contribution in [0.1, 0.15) is 24.8 Å². The summed E-state index contributed by atoms with van der Waals surface area (Å²) in [5.41, 5.74) is 3.12. The zero-order valence-electron chi connectivity index (χ0n) is 21.2. The van der Waals surface area contributed by atoms with Crippen molar-refractivity contribution in [2.75, 3.05) is 52.5 Å². The lowest BCUT2D eigenvalue weighted by Crippen LogP contribution is -2.38. The highest BCUT2D eigenvalue weighted by molar-refractivity contribution is 5.97. The van der Waals surface area contributed by atoms with E-state index >= 15 is 0 Å². The Morgan fingerprint density at radius 3 is 2.89 bits per heavy atom. The summed E-state index contributed by atoms with van der Waals surface area (Å²) >= 11 is 0. The van der Waals surface area contributed by atoms with E-state index in [1.54, 1.807) is 11.1 Å². The molecule has 0 aliphatic carbocycles. The Morgan fingerprint density at radius 2 is 2.03 bits per heavy atom. The van der Waals surface area contributed by atoms with Crippen LogP contribution in [0, 0.1) is 0 Å². The number of carbonyl (C=O) groups excluding carboxylic acids is 1. The van der Waals surface area contributed by atoms with Gasteiger partial charge < -0.3 is 19.5 Å². The van der Waals surface area contributed by atoms with Gasteiger partial charge in [0.15, 0.2) is 0 Å². The van der Waals surface area contributed by atoms with Gasteiger partial charge in [0.1, 0.15) is 18.5 Å². The minimum absolute atomic E-state index is 0.116. The highest BCUT2D eigenvalue weighted by Crippen LogP contribution is 2.22. The van der Waals surface area contributed by atoms with E-state index in [-0.39, 0.29) is 12.2 Å². The van der Waals surface area contributed by atoms with Crippen LogP contribution in [0.5, 0.6) is 5.88 Å². The van der Waals surface area contributed by atoms with Crippen LogP contribution < -0.4 is 10.1 Å². The molecule has 196 valence electrons. The second-order valence-electron chi connectivity index (χ2n) is 9.41. The fourth-order valence-corrected chi connectivity index (χ4v) is 4.67. The summed E-state index contributed by atoms with van der Waals surface area (Å²) in [4.78, 5) is 25.3. The first-order valence-electron chi connectivity index (χ1n) is 13.1. The summed E-state index contributed by atoms with van der Waals surface area (Å²) in [7, 11) is 0. The predicted octanol–water partition coefficient (Wildman–Crippen LogP) is 3.47. The van der Waals surface area contributed by atoms with Gasteiger partial charge in [-0.2, -0.15) is 0 Å². The summed E-state index contributed by atoms with van der Waals surface area (Å²) in [5, 5.41) is 3.48. The molecule has 2 aromatic rings. The molecule has 1 N–H and O–H groups in total. The minimum Gasteiger partial charge on any atom is -0.476 e. The van der Waals surface area contributed by atoms with Crippen LogP contribution in [0.3, 0.4) is 0 Å². The average molecular weight is 506 g/mol. The zero-order chi connectivity index (χ0) is 25.3. The number of aromatic nitrogens is 1. The molecule has 1 atom stereocenters. The molecule has 0 spiro atoms. The smallest absolute Gasteiger partial charge is 0.415 e. The van der Waals surface area contributed by atoms with Crippen LogP contribution >= 0.6 is 0 Å². The molecule has 0 unspecified atom stereocenters. The van der Waals surface area contributed by atoms with Crippen molar-refractivity contribution in [3.8, 4) is 17.1 Å². The number of cyclic esters (lactones) is 1. The SMILES string of the molecule is O=C1O[C@@H](CCNCc2cccc(-c3cccc(OCCN4CCOCC4)n3)c2)CN1C1=NC=CCC1. The minimum atomic E-state index is -0.286. The molecular weight excluding hydrogens is 470 g/mol. The van der Waals surface area contributed by atoms with E-state index in [1.165, 1.54) is 5.56 Å². The van der Waals surface area contributed by atoms with Gasteiger partial charge in [-0.25, -0.2) is 14.8 Å². The normalized spacial score (nSPS) is 20.1. The quantitative estimate of drug-likeness (QED) is 0.495. The van der Waals surface area contributed by atoms with Gasteiger partial charge in [0.05, 0.1) is 25.5 Å². The molecule has 3 aliphatic rings. The molecule has 1 amide bonds. The molecule has 3 aliphatic heterocycles. The van der Waals surface area contributed by atoms with Crippen molar-refractivity contribution in [1.29, 1.82) is 0 Å². The number of aliphatic imine (C=N–C) groups is 1. The van der Waals surface area contributed by atoms with Crippen LogP contribution in [0.25, 0.3) is 11.3 Å². The number of hydrogen-bond acceptors (Lipinski definition) is 8. The highest BCUT2D eigenvalue weighted by atomic mass is 16.6. The van der Waals surface area contributed by atoms with Crippen LogP contribution in [-0.2, 0) is 16.0 Å². The maximum absolute atomic E-state index is 12.2. The van der Waals surface area contributed by atoms with E-state index < -0.39 is 0 Å². The number of pyridine rings is 1. The first-order valence-corrected chi connectivity index (χ1v) is 13.1. The van der Waals surface area contributed by atoms with Crippen molar-refractivity contribution < 1.29 is 19.0 Å². The van der Waals surface area contributed by atoms with Gasteiger partial charge in [-0.1, -0.05) is 30.3 Å². The van der Waals surface area contributed by atoms with Crippen molar-refractivity contribution in [1.82, 2.24) is 20.1 Å². The molecule has 0 bridgehead atoms. The number of nitrogens with one attached hydrogen (secondary N) is 1. The molecule has 5 rings (SSSR count). The maximum atomic E-state index is 12.2. The number of morpholine rings is 1. The topological polar surface area (TPSA) is 88.5 Å². The van der Waals surface area contributed by atoms with E-state index in [0.717, 1.165) is 82.3 Å². The molecule has 2 saturated heterocycles. The van der Waals surface area contributed by atoms with Crippen molar-refractivity contribution >= 4 is 11.9 Å². The molecule has 2 fully saturated rings. The Bertz CT molecular complexity index is 1120. The Hall–Kier alpha value is -3.27. The second-order valence-corrected chi connectivity index (χ2v) is 9.41. The van der Waals surface area contributed by atoms with Crippen molar-refractivity contribution in [2.24, 2.45) is 4.99 Å². The van der Waals surface area contributed by atoms with Gasteiger partial charge >= 0.3 is 6.09 Å². The van der Waals surface area contributed by atoms with E-state index in [1.807, 2.05) is 24.3 Å². The predicted molar refractivity (Wildman–Crippen MR) is 142 cm³/mol. The summed E-state index contributed by atoms with van der Waals surface area (Å²) in [6.45, 7) is 7.03. The van der Waals surface area contributed by atoms with Crippen LogP contribution in [-0.4, -0.2) is 85.4 Å².